The summed E-state index contributed by atoms with van der Waals surface area (Å²) in [6.07, 6.45) is 12.6. The molecule has 11 heteroatoms. The molecular formula is C37H48N8O3. The maximum Gasteiger partial charge on any atom is 0.327 e. The molecule has 0 radical (unpaired) electrons. The zero-order valence-corrected chi connectivity index (χ0v) is 28.9. The van der Waals surface area contributed by atoms with E-state index >= 15 is 0 Å². The summed E-state index contributed by atoms with van der Waals surface area (Å²) in [5.74, 6) is 0.798. The largest absolute Gasteiger partial charge is 0.464 e. The molecule has 0 saturated heterocycles. The molecule has 48 heavy (non-hydrogen) atoms. The predicted molar refractivity (Wildman–Crippen MR) is 184 cm³/mol. The topological polar surface area (TPSA) is 144 Å². The van der Waals surface area contributed by atoms with Crippen LogP contribution in [0.25, 0.3) is 22.4 Å². The number of fused-ring (bicyclic) bond motifs is 2. The van der Waals surface area contributed by atoms with Crippen LogP contribution in [-0.4, -0.2) is 52.9 Å². The van der Waals surface area contributed by atoms with Crippen LogP contribution in [0.4, 0.5) is 5.82 Å². The van der Waals surface area contributed by atoms with Crippen LogP contribution in [-0.2, 0) is 27.4 Å². The van der Waals surface area contributed by atoms with Crippen LogP contribution in [0.3, 0.4) is 0 Å². The lowest BCUT2D eigenvalue weighted by molar-refractivity contribution is -0.163. The Morgan fingerprint density at radius 2 is 2.00 bits per heavy atom. The summed E-state index contributed by atoms with van der Waals surface area (Å²) in [7, 11) is 0. The Morgan fingerprint density at radius 3 is 2.73 bits per heavy atom. The molecule has 2 aliphatic rings. The van der Waals surface area contributed by atoms with Crippen molar-refractivity contribution in [3.8, 4) is 11.3 Å². The number of Topliss-reactive ketones (excluding diaryl/α,β-unsaturated/α-hetero) is 1. The van der Waals surface area contributed by atoms with Crippen molar-refractivity contribution in [3.05, 3.63) is 61.3 Å². The molecule has 0 aliphatic heterocycles. The molecule has 0 amide bonds. The molecule has 6 atom stereocenters. The minimum atomic E-state index is -0.426. The van der Waals surface area contributed by atoms with E-state index in [2.05, 4.69) is 72.5 Å². The first-order chi connectivity index (χ1) is 22.9. The number of ketones is 1. The van der Waals surface area contributed by atoms with E-state index in [4.69, 9.17) is 10.5 Å². The number of benzene rings is 1. The van der Waals surface area contributed by atoms with E-state index in [1.165, 1.54) is 11.0 Å². The molecule has 1 aromatic carbocycles. The summed E-state index contributed by atoms with van der Waals surface area (Å²) in [6.45, 7) is 16.1. The zero-order chi connectivity index (χ0) is 34.3. The van der Waals surface area contributed by atoms with E-state index in [9.17, 15) is 9.59 Å². The fraction of sp³-hybridized carbons (Fsp3) is 0.541. The average Bonchev–Trinajstić information content (AvgIpc) is 3.81. The van der Waals surface area contributed by atoms with Gasteiger partial charge in [0.1, 0.15) is 29.9 Å². The van der Waals surface area contributed by atoms with Gasteiger partial charge in [0.2, 0.25) is 0 Å². The van der Waals surface area contributed by atoms with Gasteiger partial charge in [0.15, 0.2) is 11.5 Å². The highest BCUT2D eigenvalue weighted by Gasteiger charge is 2.62. The number of anilines is 1. The summed E-state index contributed by atoms with van der Waals surface area (Å²) in [4.78, 5) is 39.5. The highest BCUT2D eigenvalue weighted by molar-refractivity contribution is 5.85. The minimum absolute atomic E-state index is 0.0378. The second-order valence-corrected chi connectivity index (χ2v) is 14.9. The van der Waals surface area contributed by atoms with Gasteiger partial charge in [0.05, 0.1) is 25.7 Å². The average molecular weight is 653 g/mol. The Labute approximate surface area is 282 Å². The molecule has 2 saturated carbocycles. The fourth-order valence-electron chi connectivity index (χ4n) is 8.55. The molecule has 0 unspecified atom stereocenters. The lowest BCUT2D eigenvalue weighted by atomic mass is 9.48. The van der Waals surface area contributed by atoms with Crippen LogP contribution in [0.1, 0.15) is 78.7 Å². The van der Waals surface area contributed by atoms with Crippen LogP contribution in [0.2, 0.25) is 0 Å². The van der Waals surface area contributed by atoms with E-state index in [0.29, 0.717) is 47.3 Å². The van der Waals surface area contributed by atoms with Crippen molar-refractivity contribution >= 4 is 28.7 Å². The van der Waals surface area contributed by atoms with Gasteiger partial charge < -0.3 is 15.0 Å². The highest BCUT2D eigenvalue weighted by atomic mass is 16.5. The number of hydrogen-bond acceptors (Lipinski definition) is 9. The van der Waals surface area contributed by atoms with Gasteiger partial charge in [-0.15, -0.1) is 11.7 Å². The Hall–Kier alpha value is -4.41. The Bertz CT molecular complexity index is 1810. The Morgan fingerprint density at radius 1 is 1.23 bits per heavy atom. The molecule has 11 nitrogen and oxygen atoms in total. The number of hydrogen-bond donors (Lipinski definition) is 1. The van der Waals surface area contributed by atoms with Crippen molar-refractivity contribution in [2.45, 2.75) is 86.2 Å². The molecule has 6 rings (SSSR count). The molecule has 3 aromatic heterocycles. The number of aromatic nitrogens is 7. The molecular weight excluding hydrogens is 604 g/mol. The Kier molecular flexibility index (Phi) is 9.00. The number of esters is 1. The first-order valence-corrected chi connectivity index (χ1v) is 17.1. The van der Waals surface area contributed by atoms with E-state index in [-0.39, 0.29) is 41.8 Å². The quantitative estimate of drug-likeness (QED) is 0.138. The van der Waals surface area contributed by atoms with Crippen molar-refractivity contribution in [2.24, 2.45) is 34.0 Å². The smallest absolute Gasteiger partial charge is 0.327 e. The summed E-state index contributed by atoms with van der Waals surface area (Å²) in [6, 6.07) is 7.96. The van der Waals surface area contributed by atoms with Gasteiger partial charge in [-0.1, -0.05) is 70.2 Å². The molecule has 3 heterocycles. The van der Waals surface area contributed by atoms with Crippen LogP contribution in [0.5, 0.6) is 0 Å². The molecule has 0 spiro atoms. The van der Waals surface area contributed by atoms with Crippen LogP contribution in [0, 0.1) is 34.0 Å². The first kappa shape index (κ1) is 33.5. The fourth-order valence-corrected chi connectivity index (χ4v) is 8.55. The van der Waals surface area contributed by atoms with Crippen LogP contribution in [0.15, 0.2) is 55.8 Å². The first-order valence-electron chi connectivity index (χ1n) is 17.1. The lowest BCUT2D eigenvalue weighted by Gasteiger charge is -2.55. The molecule has 4 aromatic rings. The van der Waals surface area contributed by atoms with Crippen molar-refractivity contribution in [1.29, 1.82) is 0 Å². The minimum Gasteiger partial charge on any atom is -0.464 e. The number of nitrogens with zero attached hydrogens (tertiary/aromatic N) is 7. The van der Waals surface area contributed by atoms with E-state index < -0.39 is 5.41 Å². The molecule has 2 aliphatic carbocycles. The monoisotopic (exact) mass is 652 g/mol. The van der Waals surface area contributed by atoms with Gasteiger partial charge in [-0.2, -0.15) is 0 Å². The number of nitrogen functional groups attached to an aromatic ring is 1. The van der Waals surface area contributed by atoms with E-state index in [1.54, 1.807) is 12.5 Å². The second kappa shape index (κ2) is 12.9. The second-order valence-electron chi connectivity index (χ2n) is 14.9. The zero-order valence-electron chi connectivity index (χ0n) is 28.9. The Balaban J connectivity index is 1.09. The van der Waals surface area contributed by atoms with Gasteiger partial charge in [0, 0.05) is 23.3 Å². The normalized spacial score (nSPS) is 25.8. The van der Waals surface area contributed by atoms with Gasteiger partial charge in [-0.25, -0.2) is 19.6 Å². The summed E-state index contributed by atoms with van der Waals surface area (Å²) in [5.41, 5.74) is 9.31. The maximum atomic E-state index is 13.6. The molecule has 254 valence electrons. The molecule has 2 N–H and O–H groups in total. The third-order valence-electron chi connectivity index (χ3n) is 12.0. The number of imidazole rings is 1. The number of nitrogens with two attached hydrogens (primary N) is 1. The lowest BCUT2D eigenvalue weighted by Crippen LogP contribution is -2.54. The summed E-state index contributed by atoms with van der Waals surface area (Å²) < 4.78 is 9.41. The predicted octanol–water partition coefficient (Wildman–Crippen LogP) is 6.29. The SMILES string of the molecule is C=C[C@](C)(CC)C[C@H](C)[C@]12CCC(=O)[C@H]1[C@](C)(COC(=O)Cn1cc(-c3ccc(Cn4cnc5c(N)ncnc54)cc3)nn1)[C@H](C)CC2. The maximum absolute atomic E-state index is 13.6. The van der Waals surface area contributed by atoms with Gasteiger partial charge >= 0.3 is 5.97 Å². The van der Waals surface area contributed by atoms with Crippen molar-refractivity contribution in [3.63, 3.8) is 0 Å². The summed E-state index contributed by atoms with van der Waals surface area (Å²) in [5, 5.41) is 8.50. The highest BCUT2D eigenvalue weighted by Crippen LogP contribution is 2.64. The number of carbonyl (C=O) groups is 2. The third-order valence-corrected chi connectivity index (χ3v) is 12.0. The van der Waals surface area contributed by atoms with Crippen molar-refractivity contribution < 1.29 is 14.3 Å². The van der Waals surface area contributed by atoms with Crippen LogP contribution < -0.4 is 5.73 Å². The van der Waals surface area contributed by atoms with Gasteiger partial charge in [0.25, 0.3) is 0 Å². The van der Waals surface area contributed by atoms with Gasteiger partial charge in [-0.05, 0) is 60.3 Å². The van der Waals surface area contributed by atoms with Crippen molar-refractivity contribution in [2.75, 3.05) is 12.3 Å². The third kappa shape index (κ3) is 6.03. The summed E-state index contributed by atoms with van der Waals surface area (Å²) >= 11 is 0. The van der Waals surface area contributed by atoms with E-state index in [1.807, 2.05) is 28.8 Å². The van der Waals surface area contributed by atoms with Crippen LogP contribution >= 0.6 is 0 Å². The number of ether oxygens (including phenoxy) is 1. The molecule has 2 fully saturated rings. The number of carbonyl (C=O) groups excluding carboxylic acids is 2. The molecule has 0 bridgehead atoms. The number of allylic oxidation sites excluding steroid dienone is 1. The van der Waals surface area contributed by atoms with Gasteiger partial charge in [-0.3, -0.25) is 9.59 Å². The number of rotatable bonds is 12. The van der Waals surface area contributed by atoms with E-state index in [0.717, 1.165) is 43.2 Å². The van der Waals surface area contributed by atoms with Crippen molar-refractivity contribution in [1.82, 2.24) is 34.5 Å². The standard InChI is InChI=1S/C37H48N8O3/c1-7-35(5,8-2)17-25(4)37-15-13-24(3)36(6,32(37)29(46)14-16-37)21-48-30(47)20-45-19-28(42-43-45)27-11-9-26(10-12-27)18-44-23-41-31-33(38)39-22-40-34(31)44/h7,9-12,19,22-25,32H,1,8,13-18,20-21H2,2-6H3,(H2,38,39,40)/t24-,25+,32+,35-,36-,37+/m1/s1.